The monoisotopic (exact) mass is 371 g/mol. The Bertz CT molecular complexity index is 674. The lowest BCUT2D eigenvalue weighted by molar-refractivity contribution is 0.0500. The Kier molecular flexibility index (Phi) is 10.0. The van der Waals surface area contributed by atoms with Crippen LogP contribution >= 0.6 is 0 Å². The molecule has 0 spiro atoms. The van der Waals surface area contributed by atoms with E-state index in [4.69, 9.17) is 4.74 Å². The molecular weight excluding hydrogens is 334 g/mol. The van der Waals surface area contributed by atoms with Crippen LogP contribution in [0.2, 0.25) is 0 Å². The Morgan fingerprint density at radius 3 is 2.22 bits per heavy atom. The molecule has 27 heavy (non-hydrogen) atoms. The Balaban J connectivity index is 1.72. The Labute approximate surface area is 164 Å². The molecule has 0 bridgehead atoms. The summed E-state index contributed by atoms with van der Waals surface area (Å²) in [6, 6.07) is 7.98. The minimum atomic E-state index is -0.216. The summed E-state index contributed by atoms with van der Waals surface area (Å²) in [6.45, 7) is 4.86. The summed E-state index contributed by atoms with van der Waals surface area (Å²) < 4.78 is 5.31. The van der Waals surface area contributed by atoms with Gasteiger partial charge in [0.15, 0.2) is 0 Å². The second kappa shape index (κ2) is 12.6. The highest BCUT2D eigenvalue weighted by atomic mass is 16.5. The van der Waals surface area contributed by atoms with Crippen LogP contribution in [0.1, 0.15) is 101 Å². The van der Waals surface area contributed by atoms with Gasteiger partial charge in [0, 0.05) is 16.6 Å². The Hall–Kier alpha value is -1.77. The number of aromatic amines is 1. The van der Waals surface area contributed by atoms with Gasteiger partial charge in [-0.15, -0.1) is 0 Å². The van der Waals surface area contributed by atoms with Crippen molar-refractivity contribution in [2.24, 2.45) is 0 Å². The van der Waals surface area contributed by atoms with Crippen molar-refractivity contribution in [3.05, 3.63) is 35.5 Å². The zero-order valence-electron chi connectivity index (χ0n) is 17.3. The van der Waals surface area contributed by atoms with E-state index in [1.54, 1.807) is 0 Å². The molecule has 2 aromatic rings. The molecule has 0 unspecified atom stereocenters. The molecule has 0 amide bonds. The van der Waals surface area contributed by atoms with Crippen molar-refractivity contribution in [3.8, 4) is 0 Å². The van der Waals surface area contributed by atoms with E-state index in [0.717, 1.165) is 30.2 Å². The van der Waals surface area contributed by atoms with Crippen molar-refractivity contribution in [3.63, 3.8) is 0 Å². The van der Waals surface area contributed by atoms with Crippen molar-refractivity contribution in [2.45, 2.75) is 90.9 Å². The molecule has 2 rings (SSSR count). The number of ether oxygens (including phenoxy) is 1. The fraction of sp³-hybridized carbons (Fsp3) is 0.625. The number of unbranched alkanes of at least 4 members (excludes halogenated alkanes) is 9. The minimum Gasteiger partial charge on any atom is -0.462 e. The molecule has 1 heterocycles. The van der Waals surface area contributed by atoms with Crippen LogP contribution in [0.25, 0.3) is 10.9 Å². The quantitative estimate of drug-likeness (QED) is 0.282. The molecule has 1 aromatic heterocycles. The van der Waals surface area contributed by atoms with E-state index in [0.29, 0.717) is 12.2 Å². The Morgan fingerprint density at radius 1 is 0.852 bits per heavy atom. The van der Waals surface area contributed by atoms with Gasteiger partial charge in [0.25, 0.3) is 0 Å². The topological polar surface area (TPSA) is 42.1 Å². The first-order valence-electron chi connectivity index (χ1n) is 11.0. The van der Waals surface area contributed by atoms with E-state index in [1.165, 1.54) is 63.5 Å². The van der Waals surface area contributed by atoms with Gasteiger partial charge in [0.2, 0.25) is 0 Å². The van der Waals surface area contributed by atoms with Crippen LogP contribution in [0.15, 0.2) is 24.3 Å². The first-order valence-corrected chi connectivity index (χ1v) is 11.0. The van der Waals surface area contributed by atoms with Crippen molar-refractivity contribution in [2.75, 3.05) is 6.61 Å². The molecule has 0 aliphatic rings. The third-order valence-corrected chi connectivity index (χ3v) is 5.19. The van der Waals surface area contributed by atoms with E-state index in [2.05, 4.69) is 24.9 Å². The summed E-state index contributed by atoms with van der Waals surface area (Å²) in [5.74, 6) is -0.216. The third kappa shape index (κ3) is 7.78. The number of benzene rings is 1. The molecule has 3 nitrogen and oxygen atoms in total. The predicted molar refractivity (Wildman–Crippen MR) is 114 cm³/mol. The van der Waals surface area contributed by atoms with E-state index in [1.807, 2.05) is 18.2 Å². The normalized spacial score (nSPS) is 11.2. The zero-order chi connectivity index (χ0) is 19.3. The van der Waals surface area contributed by atoms with E-state index in [9.17, 15) is 4.79 Å². The molecule has 0 saturated heterocycles. The highest BCUT2D eigenvalue weighted by molar-refractivity contribution is 5.94. The molecule has 0 fully saturated rings. The maximum absolute atomic E-state index is 12.1. The first kappa shape index (κ1) is 21.5. The number of aromatic nitrogens is 1. The number of nitrogens with one attached hydrogen (secondary N) is 1. The summed E-state index contributed by atoms with van der Waals surface area (Å²) in [4.78, 5) is 15.6. The third-order valence-electron chi connectivity index (χ3n) is 5.19. The SMILES string of the molecule is CCCCCCCCCCCc1cc2cc(C(=O)OCCCC)ccc2[nH]1. The zero-order valence-corrected chi connectivity index (χ0v) is 17.3. The fourth-order valence-electron chi connectivity index (χ4n) is 3.47. The van der Waals surface area contributed by atoms with Crippen LogP contribution < -0.4 is 0 Å². The van der Waals surface area contributed by atoms with Gasteiger partial charge in [-0.1, -0.05) is 71.6 Å². The molecule has 0 radical (unpaired) electrons. The largest absolute Gasteiger partial charge is 0.462 e. The number of esters is 1. The van der Waals surface area contributed by atoms with Crippen molar-refractivity contribution in [1.29, 1.82) is 0 Å². The average molecular weight is 372 g/mol. The van der Waals surface area contributed by atoms with Gasteiger partial charge in [-0.05, 0) is 43.5 Å². The summed E-state index contributed by atoms with van der Waals surface area (Å²) in [7, 11) is 0. The van der Waals surface area contributed by atoms with Crippen LogP contribution in [0, 0.1) is 0 Å². The number of H-pyrrole nitrogens is 1. The summed E-state index contributed by atoms with van der Waals surface area (Å²) in [6.07, 6.45) is 15.2. The molecule has 0 saturated carbocycles. The number of rotatable bonds is 14. The van der Waals surface area contributed by atoms with E-state index >= 15 is 0 Å². The van der Waals surface area contributed by atoms with Crippen molar-refractivity contribution in [1.82, 2.24) is 4.98 Å². The van der Waals surface area contributed by atoms with Gasteiger partial charge in [-0.3, -0.25) is 0 Å². The summed E-state index contributed by atoms with van der Waals surface area (Å²) >= 11 is 0. The summed E-state index contributed by atoms with van der Waals surface area (Å²) in [5, 5.41) is 1.10. The smallest absolute Gasteiger partial charge is 0.338 e. The molecule has 150 valence electrons. The molecular formula is C24H37NO2. The van der Waals surface area contributed by atoms with Crippen LogP contribution in [0.5, 0.6) is 0 Å². The number of fused-ring (bicyclic) bond motifs is 1. The van der Waals surface area contributed by atoms with Crippen LogP contribution in [0.4, 0.5) is 0 Å². The average Bonchev–Trinajstić information content (AvgIpc) is 3.08. The van der Waals surface area contributed by atoms with Gasteiger partial charge < -0.3 is 9.72 Å². The second-order valence-corrected chi connectivity index (χ2v) is 7.66. The molecule has 1 N–H and O–H groups in total. The molecule has 0 aliphatic heterocycles. The highest BCUT2D eigenvalue weighted by Crippen LogP contribution is 2.20. The highest BCUT2D eigenvalue weighted by Gasteiger charge is 2.09. The standard InChI is InChI=1S/C24H37NO2/c1-3-5-7-8-9-10-11-12-13-14-22-19-21-18-20(15-16-23(21)25-22)24(26)27-17-6-4-2/h15-16,18-19,25H,3-14,17H2,1-2H3. The lowest BCUT2D eigenvalue weighted by Gasteiger charge is -2.03. The Morgan fingerprint density at radius 2 is 1.52 bits per heavy atom. The molecule has 3 heteroatoms. The first-order chi connectivity index (χ1) is 13.2. The van der Waals surface area contributed by atoms with Gasteiger partial charge in [-0.25, -0.2) is 4.79 Å². The van der Waals surface area contributed by atoms with Crippen molar-refractivity contribution < 1.29 is 9.53 Å². The molecule has 0 atom stereocenters. The number of hydrogen-bond donors (Lipinski definition) is 1. The predicted octanol–water partition coefficient (Wildman–Crippen LogP) is 7.20. The van der Waals surface area contributed by atoms with Gasteiger partial charge in [0.05, 0.1) is 12.2 Å². The van der Waals surface area contributed by atoms with Crippen molar-refractivity contribution >= 4 is 16.9 Å². The number of carbonyl (C=O) groups is 1. The lowest BCUT2D eigenvalue weighted by atomic mass is 10.1. The second-order valence-electron chi connectivity index (χ2n) is 7.66. The fourth-order valence-corrected chi connectivity index (χ4v) is 3.47. The van der Waals surface area contributed by atoms with E-state index in [-0.39, 0.29) is 5.97 Å². The number of aryl methyl sites for hydroxylation is 1. The summed E-state index contributed by atoms with van der Waals surface area (Å²) in [5.41, 5.74) is 3.02. The lowest BCUT2D eigenvalue weighted by Crippen LogP contribution is -2.05. The van der Waals surface area contributed by atoms with Crippen LogP contribution in [0.3, 0.4) is 0 Å². The van der Waals surface area contributed by atoms with E-state index < -0.39 is 0 Å². The number of carbonyl (C=O) groups excluding carboxylic acids is 1. The maximum atomic E-state index is 12.1. The number of hydrogen-bond acceptors (Lipinski definition) is 2. The van der Waals surface area contributed by atoms with Crippen LogP contribution in [-0.2, 0) is 11.2 Å². The van der Waals surface area contributed by atoms with Gasteiger partial charge in [-0.2, -0.15) is 0 Å². The van der Waals surface area contributed by atoms with Crippen LogP contribution in [-0.4, -0.2) is 17.6 Å². The van der Waals surface area contributed by atoms with Gasteiger partial charge in [0.1, 0.15) is 0 Å². The molecule has 0 aliphatic carbocycles. The maximum Gasteiger partial charge on any atom is 0.338 e. The minimum absolute atomic E-state index is 0.216. The van der Waals surface area contributed by atoms with Gasteiger partial charge >= 0.3 is 5.97 Å². The molecule has 1 aromatic carbocycles.